The number of carbonyl (C=O) groups excluding carboxylic acids is 3. The van der Waals surface area contributed by atoms with E-state index in [2.05, 4.69) is 4.99 Å². The molecule has 0 bridgehead atoms. The summed E-state index contributed by atoms with van der Waals surface area (Å²) in [5.74, 6) is -0.524. The number of carbonyl (C=O) groups is 3. The van der Waals surface area contributed by atoms with Gasteiger partial charge in [0, 0.05) is 24.9 Å². The molecule has 1 saturated heterocycles. The minimum absolute atomic E-state index is 0.0555. The summed E-state index contributed by atoms with van der Waals surface area (Å²) in [4.78, 5) is 44.6. The molecule has 1 aromatic rings. The number of benzene rings is 1. The summed E-state index contributed by atoms with van der Waals surface area (Å²) in [6.07, 6.45) is 0. The Balaban J connectivity index is 2.24. The molecule has 1 heterocycles. The average molecular weight is 402 g/mol. The summed E-state index contributed by atoms with van der Waals surface area (Å²) in [7, 11) is 0. The normalized spacial score (nSPS) is 14.2. The lowest BCUT2D eigenvalue weighted by Crippen LogP contribution is -2.43. The van der Waals surface area contributed by atoms with Crippen molar-refractivity contribution in [3.8, 4) is 0 Å². The lowest BCUT2D eigenvalue weighted by molar-refractivity contribution is -0.148. The van der Waals surface area contributed by atoms with E-state index in [0.29, 0.717) is 24.7 Å². The van der Waals surface area contributed by atoms with Gasteiger partial charge in [-0.15, -0.1) is 0 Å². The van der Waals surface area contributed by atoms with E-state index >= 15 is 0 Å². The Morgan fingerprint density at radius 1 is 0.862 bits per heavy atom. The summed E-state index contributed by atoms with van der Waals surface area (Å²) in [5.41, 5.74) is 1.48. The predicted molar refractivity (Wildman–Crippen MR) is 111 cm³/mol. The maximum atomic E-state index is 12.6. The van der Waals surface area contributed by atoms with Crippen LogP contribution in [0.25, 0.3) is 0 Å². The Morgan fingerprint density at radius 3 is 1.76 bits per heavy atom. The maximum Gasteiger partial charge on any atom is 0.308 e. The van der Waals surface area contributed by atoms with Crippen LogP contribution in [0, 0.1) is 17.8 Å². The van der Waals surface area contributed by atoms with Crippen LogP contribution in [0.2, 0.25) is 0 Å². The van der Waals surface area contributed by atoms with Crippen LogP contribution >= 0.6 is 0 Å². The van der Waals surface area contributed by atoms with Crippen LogP contribution in [0.5, 0.6) is 0 Å². The second-order valence-electron chi connectivity index (χ2n) is 8.13. The third-order valence-electron chi connectivity index (χ3n) is 4.57. The van der Waals surface area contributed by atoms with Crippen LogP contribution in [-0.4, -0.2) is 46.6 Å². The molecule has 0 N–H and O–H groups in total. The first-order valence-electron chi connectivity index (χ1n) is 10.1. The Labute approximate surface area is 172 Å². The van der Waals surface area contributed by atoms with E-state index in [0.717, 1.165) is 5.56 Å². The van der Waals surface area contributed by atoms with E-state index in [1.807, 2.05) is 39.8 Å². The van der Waals surface area contributed by atoms with Gasteiger partial charge in [0.15, 0.2) is 0 Å². The number of hydrogen-bond donors (Lipinski definition) is 0. The molecular formula is C22H31N3O4. The fourth-order valence-electron chi connectivity index (χ4n) is 2.81. The molecule has 0 unspecified atom stereocenters. The number of esters is 1. The zero-order valence-corrected chi connectivity index (χ0v) is 18.1. The highest BCUT2D eigenvalue weighted by Crippen LogP contribution is 2.21. The molecular weight excluding hydrogens is 370 g/mol. The molecule has 1 aromatic carbocycles. The molecule has 158 valence electrons. The Bertz CT molecular complexity index is 752. The molecule has 1 fully saturated rings. The summed E-state index contributed by atoms with van der Waals surface area (Å²) in [5, 5.41) is 0. The molecule has 2 rings (SSSR count). The number of hydrogen-bond acceptors (Lipinski definition) is 5. The Kier molecular flexibility index (Phi) is 7.53. The van der Waals surface area contributed by atoms with Gasteiger partial charge in [0.05, 0.1) is 11.6 Å². The van der Waals surface area contributed by atoms with Gasteiger partial charge in [0.25, 0.3) is 0 Å². The molecule has 0 saturated carbocycles. The maximum absolute atomic E-state index is 12.6. The van der Waals surface area contributed by atoms with Crippen molar-refractivity contribution in [3.63, 3.8) is 0 Å². The van der Waals surface area contributed by atoms with E-state index in [1.54, 1.807) is 35.8 Å². The lowest BCUT2D eigenvalue weighted by atomic mass is 10.2. The highest BCUT2D eigenvalue weighted by atomic mass is 16.5. The van der Waals surface area contributed by atoms with Crippen molar-refractivity contribution >= 4 is 29.4 Å². The quantitative estimate of drug-likeness (QED) is 0.685. The first-order chi connectivity index (χ1) is 13.6. The molecule has 0 radical (unpaired) electrons. The van der Waals surface area contributed by atoms with E-state index in [-0.39, 0.29) is 42.1 Å². The van der Waals surface area contributed by atoms with Crippen molar-refractivity contribution in [1.29, 1.82) is 0 Å². The van der Waals surface area contributed by atoms with Gasteiger partial charge in [0.1, 0.15) is 6.61 Å². The fraction of sp³-hybridized carbons (Fsp3) is 0.545. The molecule has 0 aromatic heterocycles. The lowest BCUT2D eigenvalue weighted by Gasteiger charge is -2.23. The third-order valence-corrected chi connectivity index (χ3v) is 4.57. The van der Waals surface area contributed by atoms with Gasteiger partial charge in [-0.05, 0) is 17.7 Å². The first-order valence-corrected chi connectivity index (χ1v) is 10.1. The summed E-state index contributed by atoms with van der Waals surface area (Å²) in [6.45, 7) is 12.0. The van der Waals surface area contributed by atoms with Crippen LogP contribution in [0.4, 0.5) is 5.69 Å². The first kappa shape index (κ1) is 22.6. The number of ether oxygens (including phenoxy) is 1. The number of rotatable bonds is 6. The van der Waals surface area contributed by atoms with Crippen LogP contribution in [-0.2, 0) is 25.7 Å². The number of amides is 2. The number of guanidine groups is 1. The summed E-state index contributed by atoms with van der Waals surface area (Å²) < 4.78 is 5.23. The van der Waals surface area contributed by atoms with E-state index in [9.17, 15) is 14.4 Å². The van der Waals surface area contributed by atoms with E-state index < -0.39 is 0 Å². The molecule has 0 spiro atoms. The smallest absolute Gasteiger partial charge is 0.308 e. The van der Waals surface area contributed by atoms with Crippen molar-refractivity contribution in [2.45, 2.75) is 48.1 Å². The predicted octanol–water partition coefficient (Wildman–Crippen LogP) is 3.36. The van der Waals surface area contributed by atoms with Gasteiger partial charge in [0.2, 0.25) is 17.8 Å². The van der Waals surface area contributed by atoms with Gasteiger partial charge < -0.3 is 4.74 Å². The molecule has 0 atom stereocenters. The zero-order valence-electron chi connectivity index (χ0n) is 18.1. The molecule has 7 nitrogen and oxygen atoms in total. The molecule has 1 aliphatic heterocycles. The third kappa shape index (κ3) is 5.65. The molecule has 0 aliphatic carbocycles. The van der Waals surface area contributed by atoms with Gasteiger partial charge in [-0.3, -0.25) is 24.2 Å². The second-order valence-corrected chi connectivity index (χ2v) is 8.13. The Hall–Kier alpha value is -2.70. The minimum Gasteiger partial charge on any atom is -0.461 e. The fourth-order valence-corrected chi connectivity index (χ4v) is 2.81. The second kappa shape index (κ2) is 9.67. The largest absolute Gasteiger partial charge is 0.461 e. The highest BCUT2D eigenvalue weighted by molar-refractivity contribution is 6.07. The molecule has 2 amide bonds. The van der Waals surface area contributed by atoms with Gasteiger partial charge >= 0.3 is 5.97 Å². The Morgan fingerprint density at radius 2 is 1.34 bits per heavy atom. The van der Waals surface area contributed by atoms with E-state index in [1.165, 1.54) is 0 Å². The van der Waals surface area contributed by atoms with Crippen molar-refractivity contribution < 1.29 is 19.1 Å². The monoisotopic (exact) mass is 401 g/mol. The summed E-state index contributed by atoms with van der Waals surface area (Å²) in [6, 6.07) is 7.23. The highest BCUT2D eigenvalue weighted by Gasteiger charge is 2.36. The average Bonchev–Trinajstić information content (AvgIpc) is 3.08. The standard InChI is InChI=1S/C22H31N3O4/c1-14(2)19(26)24-11-12-25(20(27)15(3)4)22(24)23-18-9-7-17(8-10-18)13-29-21(28)16(5)6/h7-10,14-16H,11-13H2,1-6H3. The molecule has 1 aliphatic rings. The van der Waals surface area contributed by atoms with Crippen LogP contribution in [0.15, 0.2) is 29.3 Å². The number of aliphatic imine (C=N–C) groups is 1. The van der Waals surface area contributed by atoms with Gasteiger partial charge in [-0.25, -0.2) is 4.99 Å². The zero-order chi connectivity index (χ0) is 21.7. The summed E-state index contributed by atoms with van der Waals surface area (Å²) >= 11 is 0. The van der Waals surface area contributed by atoms with Crippen molar-refractivity contribution in [1.82, 2.24) is 9.80 Å². The van der Waals surface area contributed by atoms with Gasteiger partial charge in [-0.2, -0.15) is 0 Å². The van der Waals surface area contributed by atoms with Gasteiger partial charge in [-0.1, -0.05) is 53.7 Å². The van der Waals surface area contributed by atoms with Crippen LogP contribution < -0.4 is 0 Å². The van der Waals surface area contributed by atoms with Crippen LogP contribution in [0.3, 0.4) is 0 Å². The van der Waals surface area contributed by atoms with Crippen molar-refractivity contribution in [3.05, 3.63) is 29.8 Å². The van der Waals surface area contributed by atoms with E-state index in [4.69, 9.17) is 4.74 Å². The number of nitrogens with zero attached hydrogens (tertiary/aromatic N) is 3. The van der Waals surface area contributed by atoms with Crippen molar-refractivity contribution in [2.24, 2.45) is 22.7 Å². The van der Waals surface area contributed by atoms with Crippen molar-refractivity contribution in [2.75, 3.05) is 13.1 Å². The molecule has 7 heteroatoms. The molecule has 29 heavy (non-hydrogen) atoms. The topological polar surface area (TPSA) is 79.3 Å². The van der Waals surface area contributed by atoms with Crippen LogP contribution in [0.1, 0.15) is 47.1 Å². The SMILES string of the molecule is CC(C)C(=O)OCc1ccc(N=C2N(C(=O)C(C)C)CCN2C(=O)C(C)C)cc1. The minimum atomic E-state index is -0.244.